The van der Waals surface area contributed by atoms with Gasteiger partial charge in [0.1, 0.15) is 5.82 Å². The molecule has 1 nitrogen and oxygen atoms in total. The van der Waals surface area contributed by atoms with Crippen LogP contribution in [0.1, 0.15) is 15.2 Å². The molecule has 0 amide bonds. The summed E-state index contributed by atoms with van der Waals surface area (Å²) < 4.78 is 14.0. The van der Waals surface area contributed by atoms with Crippen molar-refractivity contribution < 1.29 is 9.18 Å². The van der Waals surface area contributed by atoms with Gasteiger partial charge in [0, 0.05) is 16.9 Å². The zero-order valence-electron chi connectivity index (χ0n) is 8.54. The highest BCUT2D eigenvalue weighted by molar-refractivity contribution is 9.10. The number of benzene rings is 1. The van der Waals surface area contributed by atoms with Crippen molar-refractivity contribution in [2.75, 3.05) is 0 Å². The Labute approximate surface area is 115 Å². The van der Waals surface area contributed by atoms with Gasteiger partial charge < -0.3 is 0 Å². The van der Waals surface area contributed by atoms with Crippen LogP contribution < -0.4 is 0 Å². The third-order valence-electron chi connectivity index (χ3n) is 2.21. The number of carbonyl (C=O) groups is 1. The van der Waals surface area contributed by atoms with Crippen LogP contribution in [0.5, 0.6) is 0 Å². The highest BCUT2D eigenvalue weighted by atomic mass is 79.9. The number of rotatable bonds is 3. The molecule has 0 aliphatic carbocycles. The first kappa shape index (κ1) is 12.7. The van der Waals surface area contributed by atoms with Crippen LogP contribution in [0.3, 0.4) is 0 Å². The maximum absolute atomic E-state index is 13.0. The summed E-state index contributed by atoms with van der Waals surface area (Å²) in [4.78, 5) is 12.8. The fourth-order valence-corrected chi connectivity index (χ4v) is 2.84. The Morgan fingerprint density at radius 1 is 1.35 bits per heavy atom. The van der Waals surface area contributed by atoms with Gasteiger partial charge in [-0.05, 0) is 46.3 Å². The van der Waals surface area contributed by atoms with E-state index in [1.165, 1.54) is 29.5 Å². The highest BCUT2D eigenvalue weighted by Crippen LogP contribution is 2.23. The van der Waals surface area contributed by atoms with Crippen LogP contribution in [0, 0.1) is 5.82 Å². The molecule has 1 heterocycles. The second-order valence-corrected chi connectivity index (χ2v) is 6.09. The van der Waals surface area contributed by atoms with Crippen molar-refractivity contribution in [2.24, 2.45) is 0 Å². The van der Waals surface area contributed by atoms with Crippen LogP contribution in [0.15, 0.2) is 34.8 Å². The fraction of sp³-hybridized carbons (Fsp3) is 0.0833. The molecule has 0 fully saturated rings. The van der Waals surface area contributed by atoms with E-state index in [4.69, 9.17) is 11.6 Å². The number of ketones is 1. The highest BCUT2D eigenvalue weighted by Gasteiger charge is 2.10. The molecule has 0 unspecified atom stereocenters. The lowest BCUT2D eigenvalue weighted by molar-refractivity contribution is 0.0993. The Hall–Kier alpha value is -0.710. The third kappa shape index (κ3) is 3.15. The Morgan fingerprint density at radius 3 is 2.71 bits per heavy atom. The molecule has 1 aromatic carbocycles. The van der Waals surface area contributed by atoms with E-state index in [1.807, 2.05) is 6.07 Å². The Bertz CT molecular complexity index is 567. The maximum Gasteiger partial charge on any atom is 0.168 e. The quantitative estimate of drug-likeness (QED) is 0.742. The molecule has 1 aromatic heterocycles. The molecule has 0 saturated heterocycles. The van der Waals surface area contributed by atoms with Crippen molar-refractivity contribution >= 4 is 44.7 Å². The topological polar surface area (TPSA) is 17.1 Å². The Kier molecular flexibility index (Phi) is 3.97. The molecule has 17 heavy (non-hydrogen) atoms. The van der Waals surface area contributed by atoms with Crippen molar-refractivity contribution in [3.05, 3.63) is 55.4 Å². The monoisotopic (exact) mass is 332 g/mol. The minimum absolute atomic E-state index is 0.0517. The third-order valence-corrected chi connectivity index (χ3v) is 4.04. The minimum atomic E-state index is -0.374. The van der Waals surface area contributed by atoms with Crippen LogP contribution in [0.25, 0.3) is 0 Å². The van der Waals surface area contributed by atoms with Crippen LogP contribution >= 0.6 is 38.9 Å². The van der Waals surface area contributed by atoms with Gasteiger partial charge in [-0.3, -0.25) is 4.79 Å². The van der Waals surface area contributed by atoms with Crippen LogP contribution in [-0.4, -0.2) is 5.78 Å². The van der Waals surface area contributed by atoms with E-state index >= 15 is 0 Å². The molecule has 88 valence electrons. The molecule has 0 atom stereocenters. The number of thiophene rings is 1. The molecule has 0 N–H and O–H groups in total. The van der Waals surface area contributed by atoms with Crippen molar-refractivity contribution in [1.82, 2.24) is 0 Å². The standard InChI is InChI=1S/C12H7BrClFOS/c13-9-5-7(1-3-10(9)15)11(16)6-8-2-4-12(14)17-8/h1-5H,6H2. The molecule has 2 rings (SSSR count). The predicted molar refractivity (Wildman–Crippen MR) is 71.5 cm³/mol. The van der Waals surface area contributed by atoms with Crippen LogP contribution in [0.2, 0.25) is 4.34 Å². The zero-order valence-corrected chi connectivity index (χ0v) is 11.7. The number of hydrogen-bond acceptors (Lipinski definition) is 2. The Balaban J connectivity index is 2.17. The van der Waals surface area contributed by atoms with Gasteiger partial charge in [0.15, 0.2) is 5.78 Å². The molecular formula is C12H7BrClFOS. The van der Waals surface area contributed by atoms with E-state index in [1.54, 1.807) is 6.07 Å². The first-order chi connectivity index (χ1) is 8.06. The van der Waals surface area contributed by atoms with Crippen molar-refractivity contribution in [3.63, 3.8) is 0 Å². The van der Waals surface area contributed by atoms with E-state index in [0.717, 1.165) is 4.88 Å². The van der Waals surface area contributed by atoms with E-state index < -0.39 is 0 Å². The van der Waals surface area contributed by atoms with Gasteiger partial charge in [0.25, 0.3) is 0 Å². The van der Waals surface area contributed by atoms with Crippen LogP contribution in [-0.2, 0) is 6.42 Å². The average molecular weight is 334 g/mol. The second kappa shape index (κ2) is 5.29. The molecule has 0 aliphatic heterocycles. The molecule has 0 spiro atoms. The van der Waals surface area contributed by atoms with E-state index in [0.29, 0.717) is 14.4 Å². The average Bonchev–Trinajstić information content (AvgIpc) is 2.68. The molecule has 0 saturated carbocycles. The van der Waals surface area contributed by atoms with Crippen molar-refractivity contribution in [3.8, 4) is 0 Å². The lowest BCUT2D eigenvalue weighted by Crippen LogP contribution is -2.02. The van der Waals surface area contributed by atoms with Gasteiger partial charge in [0.2, 0.25) is 0 Å². The molecule has 0 radical (unpaired) electrons. The zero-order chi connectivity index (χ0) is 12.4. The molecule has 0 bridgehead atoms. The number of carbonyl (C=O) groups excluding carboxylic acids is 1. The summed E-state index contributed by atoms with van der Waals surface area (Å²) in [6.07, 6.45) is 0.287. The summed E-state index contributed by atoms with van der Waals surface area (Å²) >= 11 is 10.2. The number of Topliss-reactive ketones (excluding diaryl/α,β-unsaturated/α-hetero) is 1. The summed E-state index contributed by atoms with van der Waals surface area (Å²) in [5.74, 6) is -0.426. The molecule has 0 aliphatic rings. The summed E-state index contributed by atoms with van der Waals surface area (Å²) in [5, 5.41) is 0. The minimum Gasteiger partial charge on any atom is -0.294 e. The Morgan fingerprint density at radius 2 is 2.12 bits per heavy atom. The second-order valence-electron chi connectivity index (χ2n) is 3.43. The van der Waals surface area contributed by atoms with E-state index in [2.05, 4.69) is 15.9 Å². The first-order valence-corrected chi connectivity index (χ1v) is 6.77. The normalized spacial score (nSPS) is 10.5. The summed E-state index contributed by atoms with van der Waals surface area (Å²) in [7, 11) is 0. The first-order valence-electron chi connectivity index (χ1n) is 4.79. The van der Waals surface area contributed by atoms with E-state index in [-0.39, 0.29) is 18.0 Å². The molecular weight excluding hydrogens is 327 g/mol. The summed E-state index contributed by atoms with van der Waals surface area (Å²) in [6, 6.07) is 7.84. The number of hydrogen-bond donors (Lipinski definition) is 0. The van der Waals surface area contributed by atoms with Crippen LogP contribution in [0.4, 0.5) is 4.39 Å². The van der Waals surface area contributed by atoms with Crippen molar-refractivity contribution in [2.45, 2.75) is 6.42 Å². The van der Waals surface area contributed by atoms with Gasteiger partial charge in [0.05, 0.1) is 8.81 Å². The van der Waals surface area contributed by atoms with Gasteiger partial charge in [-0.2, -0.15) is 0 Å². The number of halogens is 3. The molecule has 5 heteroatoms. The summed E-state index contributed by atoms with van der Waals surface area (Å²) in [5.41, 5.74) is 0.489. The van der Waals surface area contributed by atoms with Gasteiger partial charge in [-0.1, -0.05) is 11.6 Å². The SMILES string of the molecule is O=C(Cc1ccc(Cl)s1)c1ccc(F)c(Br)c1. The maximum atomic E-state index is 13.0. The van der Waals surface area contributed by atoms with Gasteiger partial charge in [-0.15, -0.1) is 11.3 Å². The lowest BCUT2D eigenvalue weighted by atomic mass is 10.1. The lowest BCUT2D eigenvalue weighted by Gasteiger charge is -2.01. The fourth-order valence-electron chi connectivity index (χ4n) is 1.38. The smallest absolute Gasteiger partial charge is 0.168 e. The van der Waals surface area contributed by atoms with Gasteiger partial charge >= 0.3 is 0 Å². The largest absolute Gasteiger partial charge is 0.294 e. The van der Waals surface area contributed by atoms with E-state index in [9.17, 15) is 9.18 Å². The molecule has 2 aromatic rings. The summed E-state index contributed by atoms with van der Waals surface area (Å²) in [6.45, 7) is 0. The van der Waals surface area contributed by atoms with Gasteiger partial charge in [-0.25, -0.2) is 4.39 Å². The predicted octanol–water partition coefficient (Wildman–Crippen LogP) is 4.73. The van der Waals surface area contributed by atoms with Crippen molar-refractivity contribution in [1.29, 1.82) is 0 Å².